The van der Waals surface area contributed by atoms with Crippen molar-refractivity contribution in [1.82, 2.24) is 4.90 Å². The van der Waals surface area contributed by atoms with Crippen molar-refractivity contribution in [2.45, 2.75) is 69.6 Å². The van der Waals surface area contributed by atoms with Gasteiger partial charge >= 0.3 is 0 Å². The Morgan fingerprint density at radius 3 is 2.50 bits per heavy atom. The van der Waals surface area contributed by atoms with E-state index >= 15 is 0 Å². The standard InChI is InChI=1S/C26H30N2O6/c1-11-8-16-18(9-11)33-12(2)20-21(16)25(30)15-7-6-14(24(29)22(15)26(20)31)19-10-17(28(4)5)23(27-32)13(3)34-19/h6-7,12-13,16-19,23,29H,1,8-10H2,2-5H3. The minimum Gasteiger partial charge on any atom is -0.507 e. The lowest BCUT2D eigenvalue weighted by Gasteiger charge is -2.41. The lowest BCUT2D eigenvalue weighted by Crippen LogP contribution is -2.49. The molecule has 7 unspecified atom stereocenters. The maximum atomic E-state index is 13.7. The van der Waals surface area contributed by atoms with E-state index in [4.69, 9.17) is 9.47 Å². The van der Waals surface area contributed by atoms with Crippen LogP contribution < -0.4 is 0 Å². The van der Waals surface area contributed by atoms with Gasteiger partial charge in [-0.25, -0.2) is 0 Å². The number of ether oxygens (including phenoxy) is 2. The van der Waals surface area contributed by atoms with E-state index in [1.54, 1.807) is 26.0 Å². The lowest BCUT2D eigenvalue weighted by atomic mass is 9.73. The highest BCUT2D eigenvalue weighted by Crippen LogP contribution is 2.49. The van der Waals surface area contributed by atoms with Gasteiger partial charge in [0.05, 0.1) is 30.0 Å². The zero-order chi connectivity index (χ0) is 24.5. The Kier molecular flexibility index (Phi) is 5.58. The molecule has 0 radical (unpaired) electrons. The Morgan fingerprint density at radius 1 is 1.09 bits per heavy atom. The third-order valence-electron chi connectivity index (χ3n) is 7.91. The number of hydrogen-bond acceptors (Lipinski definition) is 8. The average molecular weight is 467 g/mol. The zero-order valence-corrected chi connectivity index (χ0v) is 19.9. The van der Waals surface area contributed by atoms with E-state index in [-0.39, 0.29) is 46.5 Å². The van der Waals surface area contributed by atoms with Crippen molar-refractivity contribution in [3.05, 3.63) is 57.0 Å². The van der Waals surface area contributed by atoms with Crippen LogP contribution in [0.4, 0.5) is 0 Å². The minimum atomic E-state index is -0.549. The third kappa shape index (κ3) is 3.31. The van der Waals surface area contributed by atoms with Crippen molar-refractivity contribution in [1.29, 1.82) is 0 Å². The minimum absolute atomic E-state index is 0.0141. The summed E-state index contributed by atoms with van der Waals surface area (Å²) < 4.78 is 12.2. The number of Topliss-reactive ketones (excluding diaryl/α,β-unsaturated/α-hetero) is 2. The molecule has 0 aromatic heterocycles. The van der Waals surface area contributed by atoms with E-state index in [0.29, 0.717) is 36.0 Å². The third-order valence-corrected chi connectivity index (χ3v) is 7.91. The molecule has 0 spiro atoms. The van der Waals surface area contributed by atoms with Crippen LogP contribution in [0, 0.1) is 10.8 Å². The monoisotopic (exact) mass is 466 g/mol. The van der Waals surface area contributed by atoms with Gasteiger partial charge < -0.3 is 19.5 Å². The highest BCUT2D eigenvalue weighted by molar-refractivity contribution is 6.28. The van der Waals surface area contributed by atoms with E-state index < -0.39 is 24.4 Å². The number of carbonyl (C=O) groups excluding carboxylic acids is 2. The van der Waals surface area contributed by atoms with E-state index in [9.17, 15) is 19.6 Å². The number of rotatable bonds is 3. The number of fused-ring (bicyclic) bond motifs is 3. The van der Waals surface area contributed by atoms with Crippen molar-refractivity contribution in [2.24, 2.45) is 11.1 Å². The molecule has 2 fully saturated rings. The zero-order valence-electron chi connectivity index (χ0n) is 19.9. The highest BCUT2D eigenvalue weighted by Gasteiger charge is 2.49. The number of benzene rings is 1. The molecule has 180 valence electrons. The van der Waals surface area contributed by atoms with Gasteiger partial charge in [-0.1, -0.05) is 23.4 Å². The topological polar surface area (TPSA) is 106 Å². The van der Waals surface area contributed by atoms with E-state index in [0.717, 1.165) is 5.57 Å². The van der Waals surface area contributed by atoms with Gasteiger partial charge in [0, 0.05) is 34.2 Å². The number of carbonyl (C=O) groups is 2. The van der Waals surface area contributed by atoms with Gasteiger partial charge in [0.15, 0.2) is 11.6 Å². The van der Waals surface area contributed by atoms with Gasteiger partial charge in [-0.15, -0.1) is 0 Å². The van der Waals surface area contributed by atoms with Crippen LogP contribution in [-0.2, 0) is 9.47 Å². The summed E-state index contributed by atoms with van der Waals surface area (Å²) in [5.74, 6) is -1.01. The van der Waals surface area contributed by atoms with Crippen LogP contribution in [0.25, 0.3) is 0 Å². The summed E-state index contributed by atoms with van der Waals surface area (Å²) in [7, 11) is 3.74. The first-order valence-electron chi connectivity index (χ1n) is 11.8. The number of phenolic OH excluding ortho intramolecular Hbond substituents is 1. The molecule has 2 aliphatic heterocycles. The van der Waals surface area contributed by atoms with Gasteiger partial charge in [-0.2, -0.15) is 4.91 Å². The Bertz CT molecular complexity index is 1140. The van der Waals surface area contributed by atoms with Crippen LogP contribution >= 0.6 is 0 Å². The number of phenols is 1. The molecule has 8 nitrogen and oxygen atoms in total. The molecule has 1 saturated carbocycles. The molecule has 0 amide bonds. The largest absolute Gasteiger partial charge is 0.507 e. The Hall–Kier alpha value is -2.68. The summed E-state index contributed by atoms with van der Waals surface area (Å²) in [6.45, 7) is 7.62. The fourth-order valence-corrected chi connectivity index (χ4v) is 6.24. The van der Waals surface area contributed by atoms with Crippen LogP contribution in [0.2, 0.25) is 0 Å². The normalized spacial score (nSPS) is 35.3. The molecule has 7 atom stereocenters. The second kappa shape index (κ2) is 8.22. The predicted octanol–water partition coefficient (Wildman–Crippen LogP) is 3.74. The van der Waals surface area contributed by atoms with E-state index in [1.807, 2.05) is 19.0 Å². The average Bonchev–Trinajstić information content (AvgIpc) is 3.15. The molecule has 2 heterocycles. The molecule has 1 N–H and O–H groups in total. The van der Waals surface area contributed by atoms with Crippen LogP contribution in [0.15, 0.2) is 40.6 Å². The second-order valence-electron chi connectivity index (χ2n) is 10.2. The molecule has 8 heteroatoms. The number of nitroso groups, excluding NO2 is 1. The lowest BCUT2D eigenvalue weighted by molar-refractivity contribution is -0.0822. The van der Waals surface area contributed by atoms with Gasteiger partial charge in [-0.05, 0) is 53.3 Å². The second-order valence-corrected chi connectivity index (χ2v) is 10.2. The summed E-state index contributed by atoms with van der Waals surface area (Å²) in [5, 5.41) is 14.5. The molecular weight excluding hydrogens is 436 g/mol. The molecule has 34 heavy (non-hydrogen) atoms. The first-order chi connectivity index (χ1) is 16.1. The number of nitrogens with zero attached hydrogens (tertiary/aromatic N) is 2. The Labute approximate surface area is 198 Å². The fraction of sp³-hybridized carbons (Fsp3) is 0.538. The summed E-state index contributed by atoms with van der Waals surface area (Å²) in [6.07, 6.45) is 0.0224. The molecular formula is C26H30N2O6. The molecule has 1 aromatic rings. The van der Waals surface area contributed by atoms with Crippen LogP contribution in [0.5, 0.6) is 5.75 Å². The van der Waals surface area contributed by atoms with E-state index in [2.05, 4.69) is 11.8 Å². The number of ketones is 2. The maximum absolute atomic E-state index is 13.7. The summed E-state index contributed by atoms with van der Waals surface area (Å²) in [6, 6.07) is 2.55. The molecule has 2 aliphatic carbocycles. The van der Waals surface area contributed by atoms with Gasteiger partial charge in [0.25, 0.3) is 0 Å². The number of hydrogen-bond donors (Lipinski definition) is 1. The predicted molar refractivity (Wildman–Crippen MR) is 125 cm³/mol. The van der Waals surface area contributed by atoms with E-state index in [1.165, 1.54) is 0 Å². The van der Waals surface area contributed by atoms with Gasteiger partial charge in [-0.3, -0.25) is 9.59 Å². The van der Waals surface area contributed by atoms with Crippen LogP contribution in [0.3, 0.4) is 0 Å². The van der Waals surface area contributed by atoms with Crippen LogP contribution in [0.1, 0.15) is 65.5 Å². The first-order valence-corrected chi connectivity index (χ1v) is 11.8. The number of likely N-dealkylation sites (N-methyl/N-ethyl adjacent to an activating group) is 1. The van der Waals surface area contributed by atoms with Gasteiger partial charge in [0.2, 0.25) is 0 Å². The van der Waals surface area contributed by atoms with Crippen molar-refractivity contribution < 1.29 is 24.2 Å². The summed E-state index contributed by atoms with van der Waals surface area (Å²) >= 11 is 0. The van der Waals surface area contributed by atoms with Crippen molar-refractivity contribution in [3.8, 4) is 5.75 Å². The van der Waals surface area contributed by atoms with Crippen molar-refractivity contribution in [3.63, 3.8) is 0 Å². The molecule has 1 aromatic carbocycles. The first kappa shape index (κ1) is 23.1. The van der Waals surface area contributed by atoms with Crippen molar-refractivity contribution in [2.75, 3.05) is 14.1 Å². The molecule has 4 aliphatic rings. The fourth-order valence-electron chi connectivity index (χ4n) is 6.24. The Balaban J connectivity index is 1.56. The molecule has 5 rings (SSSR count). The highest BCUT2D eigenvalue weighted by atomic mass is 16.5. The SMILES string of the molecule is C=C1CC2OC(C)C3=C(C(=O)c4ccc(C5CC(N(C)C)C(N=O)C(C)O5)c(O)c4C3=O)C2C1. The Morgan fingerprint density at radius 2 is 1.82 bits per heavy atom. The summed E-state index contributed by atoms with van der Waals surface area (Å²) in [5.41, 5.74) is 2.54. The maximum Gasteiger partial charge on any atom is 0.196 e. The van der Waals surface area contributed by atoms with Crippen molar-refractivity contribution >= 4 is 11.6 Å². The summed E-state index contributed by atoms with van der Waals surface area (Å²) in [4.78, 5) is 40.6. The van der Waals surface area contributed by atoms with Gasteiger partial charge in [0.1, 0.15) is 11.8 Å². The smallest absolute Gasteiger partial charge is 0.196 e. The molecule has 0 bridgehead atoms. The molecule has 1 saturated heterocycles. The van der Waals surface area contributed by atoms with Crippen LogP contribution in [-0.4, -0.2) is 66.1 Å². The number of aromatic hydroxyl groups is 1. The quantitative estimate of drug-likeness (QED) is 0.534.